The number of ether oxygens (including phenoxy) is 3. The first kappa shape index (κ1) is 24.3. The van der Waals surface area contributed by atoms with Crippen molar-refractivity contribution >= 4 is 34.1 Å². The van der Waals surface area contributed by atoms with Crippen molar-refractivity contribution in [3.8, 4) is 11.5 Å². The normalized spacial score (nSPS) is 25.6. The van der Waals surface area contributed by atoms with Gasteiger partial charge >= 0.3 is 5.97 Å². The number of phenolic OH excluding ortho intramolecular Hbond substituents is 1. The molecule has 11 nitrogen and oxygen atoms in total. The maximum absolute atomic E-state index is 13.5. The van der Waals surface area contributed by atoms with Gasteiger partial charge in [-0.15, -0.1) is 0 Å². The average molecular weight is 486 g/mol. The van der Waals surface area contributed by atoms with Crippen LogP contribution in [-0.4, -0.2) is 81.9 Å². The van der Waals surface area contributed by atoms with Crippen LogP contribution in [0, 0.1) is 6.92 Å². The first-order chi connectivity index (χ1) is 16.4. The highest BCUT2D eigenvalue weighted by atomic mass is 16.5. The fraction of sp³-hybridized carbons (Fsp3) is 0.333. The van der Waals surface area contributed by atoms with E-state index < -0.39 is 63.3 Å². The molecule has 0 saturated carbocycles. The highest BCUT2D eigenvalue weighted by Gasteiger charge is 2.73. The second-order valence-corrected chi connectivity index (χ2v) is 8.20. The summed E-state index contributed by atoms with van der Waals surface area (Å²) in [5.41, 5.74) is -7.98. The van der Waals surface area contributed by atoms with Gasteiger partial charge in [-0.1, -0.05) is 0 Å². The van der Waals surface area contributed by atoms with Gasteiger partial charge in [-0.05, 0) is 36.9 Å². The van der Waals surface area contributed by atoms with Crippen molar-refractivity contribution in [1.29, 1.82) is 0 Å². The molecule has 0 aromatic heterocycles. The number of Topliss-reactive ketones (excluding diaryl/α,β-unsaturated/α-hetero) is 2. The van der Waals surface area contributed by atoms with Crippen molar-refractivity contribution in [2.75, 3.05) is 20.8 Å². The quantitative estimate of drug-likeness (QED) is 0.346. The predicted octanol–water partition coefficient (Wildman–Crippen LogP) is 0.354. The Hall–Kier alpha value is -3.80. The summed E-state index contributed by atoms with van der Waals surface area (Å²) in [6.07, 6.45) is -1.63. The number of hydrogen-bond acceptors (Lipinski definition) is 11. The molecular weight excluding hydrogens is 464 g/mol. The molecule has 3 atom stereocenters. The zero-order chi connectivity index (χ0) is 26.0. The lowest BCUT2D eigenvalue weighted by Crippen LogP contribution is -2.76. The molecular formula is C24H22O11. The van der Waals surface area contributed by atoms with Crippen LogP contribution in [0.25, 0.3) is 10.8 Å². The van der Waals surface area contributed by atoms with Gasteiger partial charge in [-0.2, -0.15) is 0 Å². The summed E-state index contributed by atoms with van der Waals surface area (Å²) in [5.74, 6) is -6.35. The summed E-state index contributed by atoms with van der Waals surface area (Å²) in [5, 5.41) is 44.3. The Bertz CT molecular complexity index is 1370. The molecule has 2 aliphatic carbocycles. The first-order valence-electron chi connectivity index (χ1n) is 10.5. The summed E-state index contributed by atoms with van der Waals surface area (Å²) in [6, 6.07) is 2.44. The van der Waals surface area contributed by atoms with E-state index in [4.69, 9.17) is 14.2 Å². The third-order valence-electron chi connectivity index (χ3n) is 6.53. The smallest absolute Gasteiger partial charge is 0.341 e. The SMILES string of the molecule is CCOC1=CC(=O)C2(O)C(=O)c3c(cc4cc(OC)c(C(=O)OC)c(C)c4c3O)C(=O)C2(O)C1O. The molecule has 184 valence electrons. The third-order valence-corrected chi connectivity index (χ3v) is 6.53. The van der Waals surface area contributed by atoms with Crippen LogP contribution in [0.4, 0.5) is 0 Å². The summed E-state index contributed by atoms with van der Waals surface area (Å²) in [4.78, 5) is 52.2. The van der Waals surface area contributed by atoms with Crippen LogP contribution < -0.4 is 4.74 Å². The van der Waals surface area contributed by atoms with Crippen molar-refractivity contribution in [1.82, 2.24) is 0 Å². The third kappa shape index (κ3) is 2.83. The lowest BCUT2D eigenvalue weighted by atomic mass is 9.60. The first-order valence-corrected chi connectivity index (χ1v) is 10.5. The van der Waals surface area contributed by atoms with E-state index in [1.54, 1.807) is 0 Å². The number of methoxy groups -OCH3 is 2. The van der Waals surface area contributed by atoms with E-state index in [1.165, 1.54) is 27.0 Å². The molecule has 0 amide bonds. The largest absolute Gasteiger partial charge is 0.507 e. The van der Waals surface area contributed by atoms with Gasteiger partial charge in [0.05, 0.1) is 26.4 Å². The van der Waals surface area contributed by atoms with Crippen LogP contribution >= 0.6 is 0 Å². The summed E-state index contributed by atoms with van der Waals surface area (Å²) < 4.78 is 15.1. The molecule has 2 aromatic rings. The Morgan fingerprint density at radius 3 is 2.34 bits per heavy atom. The number of aliphatic hydroxyl groups is 3. The maximum Gasteiger partial charge on any atom is 0.341 e. The van der Waals surface area contributed by atoms with E-state index in [0.29, 0.717) is 6.08 Å². The molecule has 2 aliphatic rings. The number of hydrogen-bond donors (Lipinski definition) is 4. The minimum Gasteiger partial charge on any atom is -0.507 e. The molecule has 0 saturated heterocycles. The molecule has 0 aliphatic heterocycles. The Morgan fingerprint density at radius 1 is 1.11 bits per heavy atom. The van der Waals surface area contributed by atoms with E-state index >= 15 is 0 Å². The monoisotopic (exact) mass is 486 g/mol. The molecule has 11 heteroatoms. The number of rotatable bonds is 4. The van der Waals surface area contributed by atoms with Gasteiger partial charge in [0, 0.05) is 17.0 Å². The topological polar surface area (TPSA) is 177 Å². The van der Waals surface area contributed by atoms with E-state index in [0.717, 1.165) is 13.2 Å². The fourth-order valence-corrected chi connectivity index (χ4v) is 4.80. The molecule has 0 bridgehead atoms. The number of ketones is 3. The minimum atomic E-state index is -3.44. The van der Waals surface area contributed by atoms with E-state index in [9.17, 15) is 39.6 Å². The molecule has 3 unspecified atom stereocenters. The van der Waals surface area contributed by atoms with Crippen LogP contribution in [0.1, 0.15) is 43.6 Å². The molecule has 0 heterocycles. The van der Waals surface area contributed by atoms with Gasteiger partial charge in [0.25, 0.3) is 0 Å². The second kappa shape index (κ2) is 7.87. The number of carbonyl (C=O) groups is 4. The van der Waals surface area contributed by atoms with Gasteiger partial charge in [0.1, 0.15) is 22.8 Å². The second-order valence-electron chi connectivity index (χ2n) is 8.20. The molecule has 35 heavy (non-hydrogen) atoms. The summed E-state index contributed by atoms with van der Waals surface area (Å²) >= 11 is 0. The van der Waals surface area contributed by atoms with Crippen molar-refractivity contribution < 1.29 is 53.8 Å². The lowest BCUT2D eigenvalue weighted by Gasteiger charge is -2.47. The summed E-state index contributed by atoms with van der Waals surface area (Å²) in [6.45, 7) is 2.92. The predicted molar refractivity (Wildman–Crippen MR) is 118 cm³/mol. The number of carbonyl (C=O) groups excluding carboxylic acids is 4. The number of benzene rings is 2. The van der Waals surface area contributed by atoms with Crippen LogP contribution in [0.15, 0.2) is 24.0 Å². The zero-order valence-corrected chi connectivity index (χ0v) is 19.2. The number of aryl methyl sites for hydroxylation is 1. The van der Waals surface area contributed by atoms with Crippen LogP contribution in [-0.2, 0) is 14.3 Å². The minimum absolute atomic E-state index is 0.0421. The van der Waals surface area contributed by atoms with Gasteiger partial charge < -0.3 is 34.6 Å². The molecule has 4 rings (SSSR count). The van der Waals surface area contributed by atoms with Crippen LogP contribution in [0.3, 0.4) is 0 Å². The Labute approximate surface area is 198 Å². The standard InChI is InChI=1S/C24H22O11/c1-5-35-13-8-14(25)23(31)21(29)17-11(19(27)24(23,32)20(13)28)6-10-7-12(33-3)16(22(30)34-4)9(2)15(10)18(17)26/h6-8,20,26,28,31-32H,5H2,1-4H3. The molecule has 0 fully saturated rings. The Balaban J connectivity index is 2.10. The fourth-order valence-electron chi connectivity index (χ4n) is 4.80. The van der Waals surface area contributed by atoms with Crippen LogP contribution in [0.2, 0.25) is 0 Å². The molecule has 0 spiro atoms. The molecule has 4 N–H and O–H groups in total. The zero-order valence-electron chi connectivity index (χ0n) is 19.2. The number of esters is 1. The number of aliphatic hydroxyl groups excluding tert-OH is 1. The number of aromatic hydroxyl groups is 1. The number of phenols is 1. The lowest BCUT2D eigenvalue weighted by molar-refractivity contribution is -0.172. The average Bonchev–Trinajstić information content (AvgIpc) is 2.83. The van der Waals surface area contributed by atoms with Crippen molar-refractivity contribution in [2.24, 2.45) is 0 Å². The number of fused-ring (bicyclic) bond motifs is 3. The van der Waals surface area contributed by atoms with E-state index in [-0.39, 0.29) is 34.3 Å². The maximum atomic E-state index is 13.5. The van der Waals surface area contributed by atoms with Gasteiger partial charge in [0.2, 0.25) is 28.6 Å². The van der Waals surface area contributed by atoms with E-state index in [1.807, 2.05) is 0 Å². The summed E-state index contributed by atoms with van der Waals surface area (Å²) in [7, 11) is 2.43. The van der Waals surface area contributed by atoms with Gasteiger partial charge in [-0.3, -0.25) is 14.4 Å². The van der Waals surface area contributed by atoms with Gasteiger partial charge in [-0.25, -0.2) is 4.79 Å². The van der Waals surface area contributed by atoms with Gasteiger partial charge in [0.15, 0.2) is 6.10 Å². The highest BCUT2D eigenvalue weighted by molar-refractivity contribution is 6.35. The van der Waals surface area contributed by atoms with Crippen molar-refractivity contribution in [2.45, 2.75) is 31.2 Å². The van der Waals surface area contributed by atoms with E-state index in [2.05, 4.69) is 0 Å². The van der Waals surface area contributed by atoms with Crippen molar-refractivity contribution in [3.05, 3.63) is 46.2 Å². The molecule has 2 aromatic carbocycles. The van der Waals surface area contributed by atoms with Crippen LogP contribution in [0.5, 0.6) is 11.5 Å². The highest BCUT2D eigenvalue weighted by Crippen LogP contribution is 2.49. The Morgan fingerprint density at radius 2 is 1.77 bits per heavy atom. The van der Waals surface area contributed by atoms with Crippen molar-refractivity contribution in [3.63, 3.8) is 0 Å². The molecule has 0 radical (unpaired) electrons. The Kier molecular flexibility index (Phi) is 5.47.